The molecule has 0 saturated carbocycles. The van der Waals surface area contributed by atoms with Gasteiger partial charge in [-0.25, -0.2) is 0 Å². The van der Waals surface area contributed by atoms with Gasteiger partial charge in [-0.05, 0) is 11.6 Å². The number of nitrogens with two attached hydrogens (primary N) is 1. The molecule has 3 N–H and O–H groups in total. The first-order valence-corrected chi connectivity index (χ1v) is 4.70. The van der Waals surface area contributed by atoms with Crippen LogP contribution in [-0.4, -0.2) is 21.3 Å². The van der Waals surface area contributed by atoms with Gasteiger partial charge >= 0.3 is 0 Å². The first kappa shape index (κ1) is 10.1. The lowest BCUT2D eigenvalue weighted by atomic mass is 10.0. The predicted octanol–water partition coefficient (Wildman–Crippen LogP) is 0.970. The van der Waals surface area contributed by atoms with Crippen LogP contribution in [0.3, 0.4) is 0 Å². The van der Waals surface area contributed by atoms with Crippen molar-refractivity contribution >= 4 is 12.0 Å². The fourth-order valence-electron chi connectivity index (χ4n) is 1.38. The van der Waals surface area contributed by atoms with Crippen LogP contribution < -0.4 is 5.73 Å². The average molecular weight is 214 g/mol. The molecule has 5 nitrogen and oxygen atoms in total. The number of amides is 1. The summed E-state index contributed by atoms with van der Waals surface area (Å²) in [4.78, 5) is 10.7. The second-order valence-electron chi connectivity index (χ2n) is 3.18. The summed E-state index contributed by atoms with van der Waals surface area (Å²) >= 11 is 0. The van der Waals surface area contributed by atoms with Crippen LogP contribution in [0.1, 0.15) is 5.56 Å². The molecule has 5 heteroatoms. The molecule has 16 heavy (non-hydrogen) atoms. The van der Waals surface area contributed by atoms with E-state index in [1.807, 2.05) is 24.3 Å². The van der Waals surface area contributed by atoms with E-state index in [0.29, 0.717) is 0 Å². The maximum Gasteiger partial charge on any atom is 0.241 e. The van der Waals surface area contributed by atoms with E-state index in [4.69, 9.17) is 5.73 Å². The van der Waals surface area contributed by atoms with Crippen molar-refractivity contribution in [3.8, 4) is 11.3 Å². The van der Waals surface area contributed by atoms with Crippen LogP contribution in [-0.2, 0) is 4.79 Å². The number of nitrogens with zero attached hydrogens (tertiary/aromatic N) is 2. The van der Waals surface area contributed by atoms with E-state index in [0.717, 1.165) is 16.8 Å². The maximum absolute atomic E-state index is 10.7. The molecule has 0 aliphatic rings. The molecule has 2 rings (SSSR count). The Kier molecular flexibility index (Phi) is 2.77. The number of rotatable bonds is 3. The Balaban J connectivity index is 2.42. The molecule has 0 unspecified atom stereocenters. The zero-order valence-electron chi connectivity index (χ0n) is 8.42. The largest absolute Gasteiger partial charge is 0.366 e. The Morgan fingerprint density at radius 1 is 1.38 bits per heavy atom. The molecule has 0 aliphatic heterocycles. The number of benzene rings is 1. The second-order valence-corrected chi connectivity index (χ2v) is 3.18. The first-order valence-electron chi connectivity index (χ1n) is 4.70. The number of hydrogen-bond acceptors (Lipinski definition) is 3. The monoisotopic (exact) mass is 214 g/mol. The predicted molar refractivity (Wildman–Crippen MR) is 60.0 cm³/mol. The van der Waals surface area contributed by atoms with E-state index in [1.54, 1.807) is 12.3 Å². The molecule has 0 bridgehead atoms. The van der Waals surface area contributed by atoms with Crippen LogP contribution in [0, 0.1) is 0 Å². The highest BCUT2D eigenvalue weighted by Crippen LogP contribution is 2.21. The Morgan fingerprint density at radius 2 is 2.19 bits per heavy atom. The third kappa shape index (κ3) is 2.14. The van der Waals surface area contributed by atoms with Gasteiger partial charge in [0.1, 0.15) is 5.69 Å². The first-order chi connectivity index (χ1) is 7.77. The fourth-order valence-corrected chi connectivity index (χ4v) is 1.38. The van der Waals surface area contributed by atoms with E-state index in [1.165, 1.54) is 6.08 Å². The lowest BCUT2D eigenvalue weighted by Crippen LogP contribution is -2.05. The van der Waals surface area contributed by atoms with Gasteiger partial charge in [0.15, 0.2) is 0 Å². The Hall–Kier alpha value is -2.43. The van der Waals surface area contributed by atoms with E-state index in [-0.39, 0.29) is 0 Å². The van der Waals surface area contributed by atoms with Gasteiger partial charge in [0.2, 0.25) is 5.91 Å². The number of H-pyrrole nitrogens is 1. The minimum Gasteiger partial charge on any atom is -0.366 e. The van der Waals surface area contributed by atoms with Crippen molar-refractivity contribution in [2.45, 2.75) is 0 Å². The summed E-state index contributed by atoms with van der Waals surface area (Å²) < 4.78 is 0. The highest BCUT2D eigenvalue weighted by atomic mass is 16.1. The number of hydrogen-bond donors (Lipinski definition) is 2. The van der Waals surface area contributed by atoms with E-state index >= 15 is 0 Å². The quantitative estimate of drug-likeness (QED) is 0.746. The number of primary amides is 1. The normalized spacial score (nSPS) is 10.8. The third-order valence-corrected chi connectivity index (χ3v) is 2.08. The topological polar surface area (TPSA) is 84.7 Å². The van der Waals surface area contributed by atoms with Gasteiger partial charge in [-0.1, -0.05) is 24.3 Å². The maximum atomic E-state index is 10.7. The smallest absolute Gasteiger partial charge is 0.241 e. The second kappa shape index (κ2) is 4.39. The highest BCUT2D eigenvalue weighted by Gasteiger charge is 2.04. The van der Waals surface area contributed by atoms with Gasteiger partial charge in [0.25, 0.3) is 0 Å². The molecular formula is C11H10N4O. The number of carbonyl (C=O) groups is 1. The van der Waals surface area contributed by atoms with Gasteiger partial charge in [0, 0.05) is 11.6 Å². The summed E-state index contributed by atoms with van der Waals surface area (Å²) in [5.74, 6) is -0.477. The van der Waals surface area contributed by atoms with Crippen LogP contribution in [0.5, 0.6) is 0 Å². The molecule has 0 radical (unpaired) electrons. The van der Waals surface area contributed by atoms with Crippen LogP contribution >= 0.6 is 0 Å². The molecule has 80 valence electrons. The summed E-state index contributed by atoms with van der Waals surface area (Å²) in [6, 6.07) is 7.55. The lowest BCUT2D eigenvalue weighted by Gasteiger charge is -2.00. The van der Waals surface area contributed by atoms with Crippen molar-refractivity contribution in [2.75, 3.05) is 0 Å². The van der Waals surface area contributed by atoms with Gasteiger partial charge < -0.3 is 5.73 Å². The fraction of sp³-hybridized carbons (Fsp3) is 0. The standard InChI is InChI=1S/C11H10N4O/c12-11(16)6-5-8-3-1-2-4-9(8)10-7-13-15-14-10/h1-7H,(H2,12,16)(H,13,14,15). The molecule has 0 spiro atoms. The molecule has 1 aromatic carbocycles. The number of aromatic nitrogens is 3. The molecule has 1 heterocycles. The summed E-state index contributed by atoms with van der Waals surface area (Å²) in [7, 11) is 0. The van der Waals surface area contributed by atoms with Gasteiger partial charge in [0.05, 0.1) is 6.20 Å². The SMILES string of the molecule is NC(=O)C=Cc1ccccc1-c1cn[nH]n1. The van der Waals surface area contributed by atoms with Crippen LogP contribution in [0.4, 0.5) is 0 Å². The van der Waals surface area contributed by atoms with Crippen molar-refractivity contribution in [3.05, 3.63) is 42.1 Å². The Bertz CT molecular complexity index is 517. The zero-order valence-corrected chi connectivity index (χ0v) is 8.42. The number of carbonyl (C=O) groups excluding carboxylic acids is 1. The Morgan fingerprint density at radius 3 is 2.88 bits per heavy atom. The number of nitrogens with one attached hydrogen (secondary N) is 1. The summed E-state index contributed by atoms with van der Waals surface area (Å²) in [6.07, 6.45) is 4.60. The highest BCUT2D eigenvalue weighted by molar-refractivity contribution is 5.91. The molecule has 0 aliphatic carbocycles. The molecule has 0 atom stereocenters. The van der Waals surface area contributed by atoms with Gasteiger partial charge in [-0.2, -0.15) is 15.4 Å². The summed E-state index contributed by atoms with van der Waals surface area (Å²) in [5.41, 5.74) is 7.54. The van der Waals surface area contributed by atoms with Crippen LogP contribution in [0.25, 0.3) is 17.3 Å². The molecule has 1 amide bonds. The molecule has 0 fully saturated rings. The van der Waals surface area contributed by atoms with Crippen LogP contribution in [0.2, 0.25) is 0 Å². The minimum atomic E-state index is -0.477. The molecule has 1 aromatic heterocycles. The third-order valence-electron chi connectivity index (χ3n) is 2.08. The molecule has 0 saturated heterocycles. The van der Waals surface area contributed by atoms with Gasteiger partial charge in [-0.15, -0.1) is 0 Å². The van der Waals surface area contributed by atoms with E-state index in [9.17, 15) is 4.79 Å². The lowest BCUT2D eigenvalue weighted by molar-refractivity contribution is -0.113. The van der Waals surface area contributed by atoms with Crippen LogP contribution in [0.15, 0.2) is 36.5 Å². The number of aromatic amines is 1. The van der Waals surface area contributed by atoms with Crippen molar-refractivity contribution in [1.82, 2.24) is 15.4 Å². The minimum absolute atomic E-state index is 0.477. The average Bonchev–Trinajstić information content (AvgIpc) is 2.80. The van der Waals surface area contributed by atoms with E-state index < -0.39 is 5.91 Å². The van der Waals surface area contributed by atoms with Crippen molar-refractivity contribution in [1.29, 1.82) is 0 Å². The summed E-state index contributed by atoms with van der Waals surface area (Å²) in [5, 5.41) is 10.3. The zero-order chi connectivity index (χ0) is 11.4. The molecule has 2 aromatic rings. The van der Waals surface area contributed by atoms with Crippen molar-refractivity contribution < 1.29 is 4.79 Å². The van der Waals surface area contributed by atoms with Crippen molar-refractivity contribution in [3.63, 3.8) is 0 Å². The van der Waals surface area contributed by atoms with E-state index in [2.05, 4.69) is 15.4 Å². The summed E-state index contributed by atoms with van der Waals surface area (Å²) in [6.45, 7) is 0. The van der Waals surface area contributed by atoms with Gasteiger partial charge in [-0.3, -0.25) is 4.79 Å². The Labute approximate surface area is 92.0 Å². The van der Waals surface area contributed by atoms with Crippen molar-refractivity contribution in [2.24, 2.45) is 5.73 Å². The molecular weight excluding hydrogens is 204 g/mol.